The van der Waals surface area contributed by atoms with E-state index in [0.717, 1.165) is 6.07 Å². The van der Waals surface area contributed by atoms with E-state index >= 15 is 0 Å². The van der Waals surface area contributed by atoms with Gasteiger partial charge in [-0.25, -0.2) is 4.39 Å². The monoisotopic (exact) mass is 453 g/mol. The molecule has 10 nitrogen and oxygen atoms in total. The lowest BCUT2D eigenvalue weighted by Gasteiger charge is -2.34. The molecule has 2 aromatic carbocycles. The standard InChI is InChI=1S/C22H20FN5O5/c23-15-10-12(2-4-14(15)20(24)25)26-21(31)18(30)19-22(32)28(7-8-33-19)13-3-5-16-11(9-13)1-6-17(29)27-16/h1-6,9-10,18-19,30H,7-8H2,(H3,24,25)(H,26,31)(H,27,29)/t18-,19?/m1/s1. The lowest BCUT2D eigenvalue weighted by atomic mass is 10.1. The Kier molecular flexibility index (Phi) is 5.90. The Morgan fingerprint density at radius 1 is 1.24 bits per heavy atom. The number of aliphatic hydroxyl groups excluding tert-OH is 1. The highest BCUT2D eigenvalue weighted by Gasteiger charge is 2.39. The average Bonchev–Trinajstić information content (AvgIpc) is 2.78. The topological polar surface area (TPSA) is 162 Å². The highest BCUT2D eigenvalue weighted by atomic mass is 19.1. The van der Waals surface area contributed by atoms with E-state index in [1.54, 1.807) is 24.3 Å². The normalized spacial score (nSPS) is 17.1. The number of hydrogen-bond donors (Lipinski definition) is 5. The molecule has 0 radical (unpaired) electrons. The van der Waals surface area contributed by atoms with Crippen LogP contribution in [0.4, 0.5) is 15.8 Å². The van der Waals surface area contributed by atoms with Crippen LogP contribution < -0.4 is 21.5 Å². The smallest absolute Gasteiger partial charge is 0.259 e. The van der Waals surface area contributed by atoms with Crippen molar-refractivity contribution in [1.82, 2.24) is 4.98 Å². The molecule has 1 fully saturated rings. The first-order valence-electron chi connectivity index (χ1n) is 9.93. The van der Waals surface area contributed by atoms with Gasteiger partial charge in [-0.15, -0.1) is 0 Å². The summed E-state index contributed by atoms with van der Waals surface area (Å²) in [7, 11) is 0. The number of halogens is 1. The lowest BCUT2D eigenvalue weighted by Crippen LogP contribution is -2.55. The van der Waals surface area contributed by atoms with Gasteiger partial charge in [-0.05, 0) is 42.5 Å². The van der Waals surface area contributed by atoms with Crippen molar-refractivity contribution in [3.05, 3.63) is 70.3 Å². The number of nitrogens with one attached hydrogen (secondary N) is 3. The number of hydrogen-bond acceptors (Lipinski definition) is 6. The number of anilines is 2. The van der Waals surface area contributed by atoms with E-state index in [4.69, 9.17) is 15.9 Å². The third-order valence-corrected chi connectivity index (χ3v) is 5.22. The predicted octanol–water partition coefficient (Wildman–Crippen LogP) is 0.683. The number of H-pyrrole nitrogens is 1. The molecule has 2 heterocycles. The first-order valence-corrected chi connectivity index (χ1v) is 9.93. The van der Waals surface area contributed by atoms with Crippen LogP contribution >= 0.6 is 0 Å². The van der Waals surface area contributed by atoms with Crippen LogP contribution in [0.5, 0.6) is 0 Å². The fourth-order valence-corrected chi connectivity index (χ4v) is 3.56. The number of carbonyl (C=O) groups is 2. The molecular weight excluding hydrogens is 433 g/mol. The van der Waals surface area contributed by atoms with Crippen LogP contribution in [-0.4, -0.2) is 53.1 Å². The summed E-state index contributed by atoms with van der Waals surface area (Å²) in [5, 5.41) is 20.8. The fourth-order valence-electron chi connectivity index (χ4n) is 3.56. The van der Waals surface area contributed by atoms with Crippen LogP contribution in [0.25, 0.3) is 10.9 Å². The lowest BCUT2D eigenvalue weighted by molar-refractivity contribution is -0.150. The summed E-state index contributed by atoms with van der Waals surface area (Å²) in [5.74, 6) is -2.86. The molecule has 0 spiro atoms. The summed E-state index contributed by atoms with van der Waals surface area (Å²) in [6, 6.07) is 11.5. The van der Waals surface area contributed by atoms with Crippen LogP contribution in [0.15, 0.2) is 53.3 Å². The minimum atomic E-state index is -1.85. The van der Waals surface area contributed by atoms with E-state index in [1.807, 2.05) is 0 Å². The van der Waals surface area contributed by atoms with Crippen molar-refractivity contribution in [2.24, 2.45) is 5.73 Å². The maximum atomic E-state index is 14.0. The van der Waals surface area contributed by atoms with Crippen molar-refractivity contribution in [1.29, 1.82) is 5.41 Å². The number of pyridine rings is 1. The Labute approximate surface area is 186 Å². The first-order chi connectivity index (χ1) is 15.7. The molecule has 33 heavy (non-hydrogen) atoms. The molecule has 0 bridgehead atoms. The number of nitrogen functional groups attached to an aromatic ring is 1. The number of amidine groups is 1. The number of nitrogens with two attached hydrogens (primary N) is 1. The second-order valence-electron chi connectivity index (χ2n) is 7.42. The minimum absolute atomic E-state index is 0.0187. The van der Waals surface area contributed by atoms with E-state index < -0.39 is 35.7 Å². The number of aromatic nitrogens is 1. The SMILES string of the molecule is N=C(N)c1ccc(NC(=O)[C@H](O)C2OCCN(c3ccc4[nH]c(=O)ccc4c3)C2=O)cc1F. The van der Waals surface area contributed by atoms with Crippen molar-refractivity contribution in [3.8, 4) is 0 Å². The van der Waals surface area contributed by atoms with Gasteiger partial charge in [0.25, 0.3) is 11.8 Å². The number of benzene rings is 2. The molecular formula is C22H20FN5O5. The highest BCUT2D eigenvalue weighted by Crippen LogP contribution is 2.24. The maximum Gasteiger partial charge on any atom is 0.259 e. The molecule has 11 heteroatoms. The summed E-state index contributed by atoms with van der Waals surface area (Å²) in [5.41, 5.74) is 6.03. The minimum Gasteiger partial charge on any atom is -0.384 e. The molecule has 6 N–H and O–H groups in total. The predicted molar refractivity (Wildman–Crippen MR) is 119 cm³/mol. The summed E-state index contributed by atoms with van der Waals surface area (Å²) < 4.78 is 19.4. The Morgan fingerprint density at radius 3 is 2.76 bits per heavy atom. The Bertz CT molecular complexity index is 1320. The van der Waals surface area contributed by atoms with E-state index in [-0.39, 0.29) is 30.0 Å². The summed E-state index contributed by atoms with van der Waals surface area (Å²) in [6.07, 6.45) is -3.32. The number of nitrogens with zero attached hydrogens (tertiary/aromatic N) is 1. The van der Waals surface area contributed by atoms with Crippen LogP contribution in [-0.2, 0) is 14.3 Å². The fraction of sp³-hybridized carbons (Fsp3) is 0.182. The number of fused-ring (bicyclic) bond motifs is 1. The van der Waals surface area contributed by atoms with Gasteiger partial charge < -0.3 is 30.8 Å². The van der Waals surface area contributed by atoms with Crippen LogP contribution in [0.2, 0.25) is 0 Å². The zero-order valence-electron chi connectivity index (χ0n) is 17.2. The van der Waals surface area contributed by atoms with Gasteiger partial charge in [0.1, 0.15) is 11.7 Å². The summed E-state index contributed by atoms with van der Waals surface area (Å²) in [6.45, 7) is 0.280. The molecule has 170 valence electrons. The van der Waals surface area contributed by atoms with Gasteiger partial charge in [-0.1, -0.05) is 0 Å². The van der Waals surface area contributed by atoms with E-state index in [0.29, 0.717) is 16.6 Å². The quantitative estimate of drug-likeness (QED) is 0.282. The van der Waals surface area contributed by atoms with Crippen molar-refractivity contribution < 1.29 is 23.8 Å². The molecule has 1 aliphatic heterocycles. The third-order valence-electron chi connectivity index (χ3n) is 5.22. The molecule has 1 aromatic heterocycles. The van der Waals surface area contributed by atoms with Gasteiger partial charge in [-0.3, -0.25) is 19.8 Å². The largest absolute Gasteiger partial charge is 0.384 e. The van der Waals surface area contributed by atoms with Gasteiger partial charge in [0.2, 0.25) is 5.56 Å². The second-order valence-corrected chi connectivity index (χ2v) is 7.42. The number of rotatable bonds is 5. The molecule has 1 unspecified atom stereocenters. The molecule has 1 aliphatic rings. The molecule has 0 aliphatic carbocycles. The van der Waals surface area contributed by atoms with Crippen molar-refractivity contribution >= 4 is 39.9 Å². The number of ether oxygens (including phenoxy) is 1. The first kappa shape index (κ1) is 22.1. The van der Waals surface area contributed by atoms with Gasteiger partial charge >= 0.3 is 0 Å². The Balaban J connectivity index is 1.50. The maximum absolute atomic E-state index is 14.0. The molecule has 3 aromatic rings. The highest BCUT2D eigenvalue weighted by molar-refractivity contribution is 6.04. The van der Waals surface area contributed by atoms with Crippen molar-refractivity contribution in [2.75, 3.05) is 23.4 Å². The molecule has 0 saturated carbocycles. The molecule has 2 atom stereocenters. The van der Waals surface area contributed by atoms with Gasteiger partial charge in [-0.2, -0.15) is 0 Å². The van der Waals surface area contributed by atoms with Crippen LogP contribution in [0, 0.1) is 11.2 Å². The number of carbonyl (C=O) groups excluding carboxylic acids is 2. The van der Waals surface area contributed by atoms with E-state index in [9.17, 15) is 23.9 Å². The van der Waals surface area contributed by atoms with Gasteiger partial charge in [0.05, 0.1) is 12.2 Å². The number of aromatic amines is 1. The Morgan fingerprint density at radius 2 is 2.03 bits per heavy atom. The van der Waals surface area contributed by atoms with Gasteiger partial charge in [0.15, 0.2) is 12.2 Å². The van der Waals surface area contributed by atoms with Crippen molar-refractivity contribution in [2.45, 2.75) is 12.2 Å². The van der Waals surface area contributed by atoms with E-state index in [2.05, 4.69) is 10.3 Å². The van der Waals surface area contributed by atoms with Crippen molar-refractivity contribution in [3.63, 3.8) is 0 Å². The molecule has 2 amide bonds. The molecule has 1 saturated heterocycles. The Hall–Kier alpha value is -4.09. The van der Waals surface area contributed by atoms with Crippen LogP contribution in [0.1, 0.15) is 5.56 Å². The zero-order valence-corrected chi connectivity index (χ0v) is 17.2. The average molecular weight is 453 g/mol. The number of morpholine rings is 1. The van der Waals surface area contributed by atoms with Crippen LogP contribution in [0.3, 0.4) is 0 Å². The summed E-state index contributed by atoms with van der Waals surface area (Å²) in [4.78, 5) is 41.0. The second kappa shape index (κ2) is 8.81. The van der Waals surface area contributed by atoms with Gasteiger partial charge in [0, 0.05) is 34.9 Å². The third kappa shape index (κ3) is 4.45. The summed E-state index contributed by atoms with van der Waals surface area (Å²) >= 11 is 0. The van der Waals surface area contributed by atoms with E-state index in [1.165, 1.54) is 23.1 Å². The number of amides is 2. The zero-order chi connectivity index (χ0) is 23.7. The number of aliphatic hydroxyl groups is 1. The molecule has 4 rings (SSSR count).